The first kappa shape index (κ1) is 14.7. The van der Waals surface area contributed by atoms with E-state index < -0.39 is 0 Å². The Balaban J connectivity index is 1.84. The fourth-order valence-corrected chi connectivity index (χ4v) is 2.27. The van der Waals surface area contributed by atoms with Gasteiger partial charge in [-0.05, 0) is 30.7 Å². The summed E-state index contributed by atoms with van der Waals surface area (Å²) < 4.78 is 5.41. The Kier molecular flexibility index (Phi) is 4.18. The fraction of sp³-hybridized carbons (Fsp3) is 0.533. The molecular formula is C15H22N2O3. The van der Waals surface area contributed by atoms with E-state index in [1.165, 1.54) is 0 Å². The summed E-state index contributed by atoms with van der Waals surface area (Å²) in [5.41, 5.74) is 5.94. The number of hydrogen-bond acceptors (Lipinski definition) is 4. The zero-order chi connectivity index (χ0) is 14.8. The number of primary amides is 1. The summed E-state index contributed by atoms with van der Waals surface area (Å²) in [5, 5.41) is 13.1. The van der Waals surface area contributed by atoms with E-state index in [1.54, 1.807) is 0 Å². The highest BCUT2D eigenvalue weighted by molar-refractivity contribution is 5.73. The Morgan fingerprint density at radius 2 is 2.10 bits per heavy atom. The van der Waals surface area contributed by atoms with Crippen molar-refractivity contribution < 1.29 is 14.6 Å². The van der Waals surface area contributed by atoms with E-state index in [-0.39, 0.29) is 29.9 Å². The molecule has 0 radical (unpaired) electrons. The molecule has 0 heterocycles. The molecule has 1 saturated carbocycles. The molecule has 4 N–H and O–H groups in total. The molecule has 0 aliphatic heterocycles. The van der Waals surface area contributed by atoms with Gasteiger partial charge in [0.1, 0.15) is 5.75 Å². The third-order valence-electron chi connectivity index (χ3n) is 4.03. The van der Waals surface area contributed by atoms with Crippen LogP contribution in [0.25, 0.3) is 0 Å². The Labute approximate surface area is 119 Å². The van der Waals surface area contributed by atoms with Gasteiger partial charge in [-0.15, -0.1) is 0 Å². The van der Waals surface area contributed by atoms with Crippen molar-refractivity contribution in [3.8, 4) is 5.75 Å². The molecule has 2 atom stereocenters. The minimum absolute atomic E-state index is 0.101. The maximum absolute atomic E-state index is 10.6. The second-order valence-electron chi connectivity index (χ2n) is 5.86. The van der Waals surface area contributed by atoms with Crippen molar-refractivity contribution in [3.63, 3.8) is 0 Å². The van der Waals surface area contributed by atoms with Crippen LogP contribution in [0, 0.1) is 5.41 Å². The number of hydrogen-bond donors (Lipinski definition) is 3. The number of ether oxygens (including phenoxy) is 1. The average Bonchev–Trinajstić information content (AvgIpc) is 2.40. The van der Waals surface area contributed by atoms with Gasteiger partial charge in [-0.25, -0.2) is 0 Å². The van der Waals surface area contributed by atoms with E-state index >= 15 is 0 Å². The van der Waals surface area contributed by atoms with Crippen molar-refractivity contribution in [2.45, 2.75) is 38.8 Å². The van der Waals surface area contributed by atoms with Crippen LogP contribution in [0.5, 0.6) is 5.75 Å². The van der Waals surface area contributed by atoms with Gasteiger partial charge in [0, 0.05) is 17.1 Å². The highest BCUT2D eigenvalue weighted by atomic mass is 16.5. The second kappa shape index (κ2) is 5.71. The van der Waals surface area contributed by atoms with E-state index in [0.717, 1.165) is 12.1 Å². The van der Waals surface area contributed by atoms with Crippen LogP contribution in [0.3, 0.4) is 0 Å². The van der Waals surface area contributed by atoms with Gasteiger partial charge < -0.3 is 20.9 Å². The number of rotatable bonds is 6. The summed E-state index contributed by atoms with van der Waals surface area (Å²) in [5.74, 6) is 0.346. The summed E-state index contributed by atoms with van der Waals surface area (Å²) in [6, 6.07) is 7.84. The first-order valence-corrected chi connectivity index (χ1v) is 6.85. The van der Waals surface area contributed by atoms with Crippen LogP contribution in [0.15, 0.2) is 24.3 Å². The van der Waals surface area contributed by atoms with E-state index in [9.17, 15) is 9.90 Å². The van der Waals surface area contributed by atoms with E-state index in [4.69, 9.17) is 10.5 Å². The summed E-state index contributed by atoms with van der Waals surface area (Å²) in [4.78, 5) is 10.6. The number of carbonyl (C=O) groups is 1. The van der Waals surface area contributed by atoms with E-state index in [2.05, 4.69) is 19.2 Å². The molecule has 5 heteroatoms. The van der Waals surface area contributed by atoms with Gasteiger partial charge in [-0.2, -0.15) is 0 Å². The number of nitrogens with one attached hydrogen (secondary N) is 1. The van der Waals surface area contributed by atoms with Gasteiger partial charge in [-0.1, -0.05) is 13.8 Å². The number of nitrogens with two attached hydrogens (primary N) is 1. The van der Waals surface area contributed by atoms with Crippen LogP contribution in [-0.4, -0.2) is 29.8 Å². The highest BCUT2D eigenvalue weighted by Gasteiger charge is 2.47. The van der Waals surface area contributed by atoms with Gasteiger partial charge in [0.25, 0.3) is 0 Å². The molecule has 0 bridgehead atoms. The molecule has 1 aromatic rings. The smallest absolute Gasteiger partial charge is 0.220 e. The van der Waals surface area contributed by atoms with Crippen LogP contribution in [-0.2, 0) is 4.79 Å². The molecule has 0 spiro atoms. The zero-order valence-electron chi connectivity index (χ0n) is 11.9. The van der Waals surface area contributed by atoms with E-state index in [1.807, 2.05) is 24.3 Å². The first-order chi connectivity index (χ1) is 9.39. The number of benzene rings is 1. The molecule has 1 fully saturated rings. The van der Waals surface area contributed by atoms with Crippen LogP contribution in [0.2, 0.25) is 0 Å². The van der Waals surface area contributed by atoms with Crippen molar-refractivity contribution in [3.05, 3.63) is 24.3 Å². The van der Waals surface area contributed by atoms with Gasteiger partial charge in [-0.3, -0.25) is 4.79 Å². The first-order valence-electron chi connectivity index (χ1n) is 6.85. The summed E-state index contributed by atoms with van der Waals surface area (Å²) in [7, 11) is 0. The molecule has 5 nitrogen and oxygen atoms in total. The monoisotopic (exact) mass is 278 g/mol. The third-order valence-corrected chi connectivity index (χ3v) is 4.03. The van der Waals surface area contributed by atoms with Gasteiger partial charge >= 0.3 is 0 Å². The van der Waals surface area contributed by atoms with Crippen molar-refractivity contribution in [2.24, 2.45) is 11.1 Å². The maximum atomic E-state index is 10.6. The normalized spacial score (nSPS) is 23.8. The fourth-order valence-electron chi connectivity index (χ4n) is 2.27. The number of aliphatic hydroxyl groups is 1. The lowest BCUT2D eigenvalue weighted by Crippen LogP contribution is -2.56. The molecule has 1 aliphatic rings. The quantitative estimate of drug-likeness (QED) is 0.736. The molecule has 1 amide bonds. The number of amides is 1. The Bertz CT molecular complexity index is 471. The molecule has 20 heavy (non-hydrogen) atoms. The van der Waals surface area contributed by atoms with Crippen molar-refractivity contribution in [1.82, 2.24) is 0 Å². The summed E-state index contributed by atoms with van der Waals surface area (Å²) >= 11 is 0. The molecular weight excluding hydrogens is 256 g/mol. The van der Waals surface area contributed by atoms with Crippen molar-refractivity contribution in [1.29, 1.82) is 0 Å². The van der Waals surface area contributed by atoms with Crippen LogP contribution in [0.1, 0.15) is 26.7 Å². The van der Waals surface area contributed by atoms with Gasteiger partial charge in [0.15, 0.2) is 0 Å². The zero-order valence-corrected chi connectivity index (χ0v) is 11.9. The van der Waals surface area contributed by atoms with E-state index in [0.29, 0.717) is 12.4 Å². The van der Waals surface area contributed by atoms with Crippen molar-refractivity contribution in [2.75, 3.05) is 11.9 Å². The van der Waals surface area contributed by atoms with Gasteiger partial charge in [0.2, 0.25) is 5.91 Å². The number of aliphatic hydroxyl groups excluding tert-OH is 1. The third kappa shape index (κ3) is 3.22. The number of anilines is 1. The van der Waals surface area contributed by atoms with Gasteiger partial charge in [0.05, 0.1) is 19.1 Å². The molecule has 1 aromatic carbocycles. The summed E-state index contributed by atoms with van der Waals surface area (Å²) in [6.07, 6.45) is 0.745. The lowest BCUT2D eigenvalue weighted by molar-refractivity contribution is -0.118. The predicted octanol–water partition coefficient (Wildman–Crippen LogP) is 1.51. The number of carbonyl (C=O) groups excluding carboxylic acids is 1. The SMILES string of the molecule is CC1(C)C(O)CC1Nc1ccc(OCCC(N)=O)cc1. The minimum atomic E-state index is -0.367. The second-order valence-corrected chi connectivity index (χ2v) is 5.86. The maximum Gasteiger partial charge on any atom is 0.220 e. The summed E-state index contributed by atoms with van der Waals surface area (Å²) in [6.45, 7) is 4.41. The molecule has 1 aliphatic carbocycles. The van der Waals surface area contributed by atoms with Crippen LogP contribution >= 0.6 is 0 Å². The topological polar surface area (TPSA) is 84.6 Å². The lowest BCUT2D eigenvalue weighted by Gasteiger charge is -2.49. The molecule has 0 saturated heterocycles. The average molecular weight is 278 g/mol. The largest absolute Gasteiger partial charge is 0.493 e. The Hall–Kier alpha value is -1.75. The molecule has 2 rings (SSSR count). The molecule has 0 aromatic heterocycles. The molecule has 110 valence electrons. The minimum Gasteiger partial charge on any atom is -0.493 e. The Morgan fingerprint density at radius 1 is 1.45 bits per heavy atom. The highest BCUT2D eigenvalue weighted by Crippen LogP contribution is 2.42. The Morgan fingerprint density at radius 3 is 2.60 bits per heavy atom. The van der Waals surface area contributed by atoms with Crippen molar-refractivity contribution >= 4 is 11.6 Å². The standard InChI is InChI=1S/C15H22N2O3/c1-15(2)12(9-13(15)18)17-10-3-5-11(6-4-10)20-8-7-14(16)19/h3-6,12-13,17-18H,7-9H2,1-2H3,(H2,16,19). The predicted molar refractivity (Wildman–Crippen MR) is 77.6 cm³/mol. The van der Waals surface area contributed by atoms with Crippen LogP contribution < -0.4 is 15.8 Å². The molecule has 2 unspecified atom stereocenters. The lowest BCUT2D eigenvalue weighted by atomic mass is 9.64. The van der Waals surface area contributed by atoms with Crippen LogP contribution in [0.4, 0.5) is 5.69 Å².